The first-order chi connectivity index (χ1) is 26.1. The number of hydrogen-bond acceptors (Lipinski definition) is 6. The van der Waals surface area contributed by atoms with Crippen LogP contribution >= 0.6 is 0 Å². The first-order valence-electron chi connectivity index (χ1n) is 19.1. The molecule has 55 heavy (non-hydrogen) atoms. The van der Waals surface area contributed by atoms with E-state index in [1.807, 2.05) is 113 Å². The van der Waals surface area contributed by atoms with Crippen molar-refractivity contribution in [2.45, 2.75) is 76.7 Å². The number of benzene rings is 4. The summed E-state index contributed by atoms with van der Waals surface area (Å²) in [5, 5.41) is 2.11. The van der Waals surface area contributed by atoms with Crippen LogP contribution in [-0.4, -0.2) is 120 Å². The summed E-state index contributed by atoms with van der Waals surface area (Å²) in [5.74, 6) is -0.738. The van der Waals surface area contributed by atoms with E-state index in [1.165, 1.54) is 9.80 Å². The SMILES string of the molecule is CN(C)C[C@@H]1CCCN1C(=O)[C@@H](Cc1ccccc1)N(C)C(=O)[C@@H](Cc1ccc2ccccc2c1)N(C)C(=O)c1cccc(CN(C)C(=O)OC(C)(C)C)c1. The number of carbonyl (C=O) groups is 4. The Morgan fingerprint density at radius 2 is 1.38 bits per heavy atom. The molecule has 1 fully saturated rings. The molecular formula is C45H57N5O5. The van der Waals surface area contributed by atoms with Crippen LogP contribution in [0.4, 0.5) is 4.79 Å². The van der Waals surface area contributed by atoms with Crippen molar-refractivity contribution in [1.29, 1.82) is 0 Å². The van der Waals surface area contributed by atoms with Crippen molar-refractivity contribution in [2.75, 3.05) is 48.3 Å². The fraction of sp³-hybridized carbons (Fsp3) is 0.422. The molecule has 10 nitrogen and oxygen atoms in total. The zero-order valence-electron chi connectivity index (χ0n) is 33.7. The van der Waals surface area contributed by atoms with Crippen LogP contribution in [0.25, 0.3) is 10.8 Å². The summed E-state index contributed by atoms with van der Waals surface area (Å²) in [6, 6.07) is 29.4. The minimum atomic E-state index is -0.922. The molecule has 0 N–H and O–H groups in total. The maximum absolute atomic E-state index is 15.0. The number of fused-ring (bicyclic) bond motifs is 1. The highest BCUT2D eigenvalue weighted by molar-refractivity contribution is 5.98. The van der Waals surface area contributed by atoms with Crippen LogP contribution in [0.15, 0.2) is 97.1 Å². The summed E-state index contributed by atoms with van der Waals surface area (Å²) < 4.78 is 5.52. The molecule has 0 aromatic heterocycles. The van der Waals surface area contributed by atoms with E-state index >= 15 is 0 Å². The fourth-order valence-corrected chi connectivity index (χ4v) is 7.35. The number of nitrogens with zero attached hydrogens (tertiary/aromatic N) is 5. The molecule has 1 aliphatic rings. The third-order valence-electron chi connectivity index (χ3n) is 10.2. The lowest BCUT2D eigenvalue weighted by molar-refractivity contribution is -0.147. The predicted octanol–water partition coefficient (Wildman–Crippen LogP) is 6.51. The Kier molecular flexibility index (Phi) is 13.4. The van der Waals surface area contributed by atoms with Gasteiger partial charge in [-0.15, -0.1) is 0 Å². The Morgan fingerprint density at radius 3 is 2.07 bits per heavy atom. The molecule has 5 rings (SSSR count). The van der Waals surface area contributed by atoms with E-state index in [1.54, 1.807) is 44.2 Å². The average Bonchev–Trinajstić information content (AvgIpc) is 3.61. The van der Waals surface area contributed by atoms with Crippen molar-refractivity contribution in [1.82, 2.24) is 24.5 Å². The first kappa shape index (κ1) is 41.0. The third-order valence-corrected chi connectivity index (χ3v) is 10.2. The number of hydrogen-bond donors (Lipinski definition) is 0. The van der Waals surface area contributed by atoms with Crippen molar-refractivity contribution >= 4 is 34.6 Å². The molecule has 3 atom stereocenters. The van der Waals surface area contributed by atoms with E-state index in [0.29, 0.717) is 18.5 Å². The normalized spacial score (nSPS) is 15.4. The Bertz CT molecular complexity index is 1960. The Hall–Kier alpha value is -5.22. The zero-order valence-corrected chi connectivity index (χ0v) is 33.7. The molecule has 0 bridgehead atoms. The van der Waals surface area contributed by atoms with Crippen molar-refractivity contribution in [2.24, 2.45) is 0 Å². The minimum Gasteiger partial charge on any atom is -0.444 e. The van der Waals surface area contributed by atoms with Gasteiger partial charge in [-0.1, -0.05) is 84.9 Å². The maximum Gasteiger partial charge on any atom is 0.410 e. The topological polar surface area (TPSA) is 93.7 Å². The molecule has 10 heteroatoms. The molecule has 4 aromatic rings. The van der Waals surface area contributed by atoms with Gasteiger partial charge in [0.15, 0.2) is 0 Å². The number of carbonyl (C=O) groups excluding carboxylic acids is 4. The van der Waals surface area contributed by atoms with E-state index < -0.39 is 23.8 Å². The van der Waals surface area contributed by atoms with Crippen LogP contribution in [0.5, 0.6) is 0 Å². The van der Waals surface area contributed by atoms with Gasteiger partial charge in [0, 0.05) is 65.2 Å². The number of likely N-dealkylation sites (tertiary alicyclic amines) is 1. The molecule has 0 aliphatic carbocycles. The molecule has 0 saturated carbocycles. The van der Waals surface area contributed by atoms with Crippen molar-refractivity contribution in [3.05, 3.63) is 119 Å². The quantitative estimate of drug-likeness (QED) is 0.155. The molecular weight excluding hydrogens is 691 g/mol. The second-order valence-electron chi connectivity index (χ2n) is 16.1. The van der Waals surface area contributed by atoms with Crippen molar-refractivity contribution < 1.29 is 23.9 Å². The molecule has 1 heterocycles. The Labute approximate surface area is 326 Å². The zero-order chi connectivity index (χ0) is 39.9. The first-order valence-corrected chi connectivity index (χ1v) is 19.1. The summed E-state index contributed by atoms with van der Waals surface area (Å²) in [6.45, 7) is 7.06. The molecule has 4 aromatic carbocycles. The lowest BCUT2D eigenvalue weighted by atomic mass is 9.97. The van der Waals surface area contributed by atoms with Gasteiger partial charge >= 0.3 is 6.09 Å². The highest BCUT2D eigenvalue weighted by Gasteiger charge is 2.40. The number of rotatable bonds is 13. The lowest BCUT2D eigenvalue weighted by Crippen LogP contribution is -2.57. The largest absolute Gasteiger partial charge is 0.444 e. The van der Waals surface area contributed by atoms with E-state index in [2.05, 4.69) is 11.0 Å². The van der Waals surface area contributed by atoms with Gasteiger partial charge in [0.05, 0.1) is 0 Å². The van der Waals surface area contributed by atoms with Crippen molar-refractivity contribution in [3.8, 4) is 0 Å². The maximum atomic E-state index is 15.0. The molecule has 0 unspecified atom stereocenters. The van der Waals surface area contributed by atoms with Gasteiger partial charge in [0.25, 0.3) is 5.91 Å². The van der Waals surface area contributed by atoms with E-state index in [0.717, 1.165) is 46.8 Å². The van der Waals surface area contributed by atoms with Crippen LogP contribution < -0.4 is 0 Å². The van der Waals surface area contributed by atoms with Gasteiger partial charge in [-0.05, 0) is 87.3 Å². The summed E-state index contributed by atoms with van der Waals surface area (Å²) >= 11 is 0. The van der Waals surface area contributed by atoms with E-state index in [9.17, 15) is 19.2 Å². The van der Waals surface area contributed by atoms with Crippen LogP contribution in [0, 0.1) is 0 Å². The molecule has 1 aliphatic heterocycles. The van der Waals surface area contributed by atoms with Crippen LogP contribution in [-0.2, 0) is 33.7 Å². The average molecular weight is 748 g/mol. The van der Waals surface area contributed by atoms with Crippen LogP contribution in [0.2, 0.25) is 0 Å². The fourth-order valence-electron chi connectivity index (χ4n) is 7.35. The van der Waals surface area contributed by atoms with Gasteiger partial charge in [-0.25, -0.2) is 4.79 Å². The summed E-state index contributed by atoms with van der Waals surface area (Å²) in [6.07, 6.45) is 1.95. The highest BCUT2D eigenvalue weighted by atomic mass is 16.6. The summed E-state index contributed by atoms with van der Waals surface area (Å²) in [5.41, 5.74) is 2.34. The smallest absolute Gasteiger partial charge is 0.410 e. The third kappa shape index (κ3) is 10.7. The second kappa shape index (κ2) is 17.9. The minimum absolute atomic E-state index is 0.0589. The van der Waals surface area contributed by atoms with Crippen molar-refractivity contribution in [3.63, 3.8) is 0 Å². The van der Waals surface area contributed by atoms with E-state index in [4.69, 9.17) is 4.74 Å². The lowest BCUT2D eigenvalue weighted by Gasteiger charge is -2.37. The van der Waals surface area contributed by atoms with Gasteiger partial charge in [0.1, 0.15) is 17.7 Å². The Morgan fingerprint density at radius 1 is 0.727 bits per heavy atom. The van der Waals surface area contributed by atoms with Crippen LogP contribution in [0.1, 0.15) is 60.7 Å². The van der Waals surface area contributed by atoms with Gasteiger partial charge in [-0.2, -0.15) is 0 Å². The molecule has 4 amide bonds. The second-order valence-corrected chi connectivity index (χ2v) is 16.1. The van der Waals surface area contributed by atoms with Gasteiger partial charge in [-0.3, -0.25) is 14.4 Å². The molecule has 0 spiro atoms. The summed E-state index contributed by atoms with van der Waals surface area (Å²) in [7, 11) is 9.03. The molecule has 1 saturated heterocycles. The highest BCUT2D eigenvalue weighted by Crippen LogP contribution is 2.25. The molecule has 0 radical (unpaired) electrons. The number of amides is 4. The monoisotopic (exact) mass is 747 g/mol. The van der Waals surface area contributed by atoms with E-state index in [-0.39, 0.29) is 36.7 Å². The summed E-state index contributed by atoms with van der Waals surface area (Å²) in [4.78, 5) is 65.3. The Balaban J connectivity index is 1.47. The predicted molar refractivity (Wildman–Crippen MR) is 218 cm³/mol. The van der Waals surface area contributed by atoms with Gasteiger partial charge in [0.2, 0.25) is 11.8 Å². The standard InChI is InChI=1S/C45H57N5O5/c1-45(2,3)55-44(54)47(6)30-34-18-14-21-37(27-34)41(51)48(7)39(29-33-23-24-35-19-12-13-20-36(35)26-33)42(52)49(8)40(28-32-16-10-9-11-17-32)43(53)50-25-15-22-38(50)31-46(4)5/h9-14,16-21,23-24,26-27,38-40H,15,22,25,28-31H2,1-8H3/t38-,39+,40+/m0/s1. The van der Waals surface area contributed by atoms with Gasteiger partial charge < -0.3 is 29.2 Å². The number of likely N-dealkylation sites (N-methyl/N-ethyl adjacent to an activating group) is 3. The number of ether oxygens (including phenoxy) is 1. The molecule has 292 valence electrons. The van der Waals surface area contributed by atoms with Crippen LogP contribution in [0.3, 0.4) is 0 Å².